The number of hydrogen-bond acceptors (Lipinski definition) is 7. The van der Waals surface area contributed by atoms with Gasteiger partial charge in [-0.3, -0.25) is 15.0 Å². The van der Waals surface area contributed by atoms with Crippen molar-refractivity contribution < 1.29 is 27.5 Å². The van der Waals surface area contributed by atoms with Gasteiger partial charge in [-0.1, -0.05) is 6.07 Å². The molecular formula is C26H18F3N7O3. The molecule has 2 aromatic carbocycles. The van der Waals surface area contributed by atoms with E-state index in [2.05, 4.69) is 31.3 Å². The van der Waals surface area contributed by atoms with Crippen LogP contribution in [0.15, 0.2) is 54.9 Å². The second kappa shape index (κ2) is 9.56. The zero-order chi connectivity index (χ0) is 27.9. The number of anilines is 2. The summed E-state index contributed by atoms with van der Waals surface area (Å²) in [7, 11) is 2.89. The zero-order valence-corrected chi connectivity index (χ0v) is 20.4. The molecule has 2 aromatic heterocycles. The van der Waals surface area contributed by atoms with Gasteiger partial charge in [-0.05, 0) is 59.2 Å². The van der Waals surface area contributed by atoms with E-state index in [-0.39, 0.29) is 29.3 Å². The first-order chi connectivity index (χ1) is 18.6. The van der Waals surface area contributed by atoms with Crippen LogP contribution < -0.4 is 10.2 Å². The Hall–Kier alpha value is -5.25. The Morgan fingerprint density at radius 1 is 1.13 bits per heavy atom. The summed E-state index contributed by atoms with van der Waals surface area (Å²) in [6.07, 6.45) is -4.00. The number of carbonyl (C=O) groups excluding carboxylic acids is 2. The molecule has 1 aliphatic rings. The number of nitrogens with one attached hydrogen (secondary N) is 1. The maximum absolute atomic E-state index is 13.7. The first-order valence-electron chi connectivity index (χ1n) is 11.4. The number of carbonyl (C=O) groups is 2. The third-order valence-corrected chi connectivity index (χ3v) is 6.19. The fourth-order valence-corrected chi connectivity index (χ4v) is 4.39. The van der Waals surface area contributed by atoms with Crippen molar-refractivity contribution in [2.24, 2.45) is 7.05 Å². The van der Waals surface area contributed by atoms with E-state index in [4.69, 9.17) is 0 Å². The van der Waals surface area contributed by atoms with Gasteiger partial charge in [0.25, 0.3) is 5.91 Å². The Morgan fingerprint density at radius 2 is 1.92 bits per heavy atom. The molecule has 10 nitrogen and oxygen atoms in total. The van der Waals surface area contributed by atoms with Crippen LogP contribution in [0.2, 0.25) is 0 Å². The minimum Gasteiger partial charge on any atom is -0.453 e. The van der Waals surface area contributed by atoms with Gasteiger partial charge >= 0.3 is 12.3 Å². The van der Waals surface area contributed by atoms with E-state index in [1.165, 1.54) is 30.6 Å². The minimum absolute atomic E-state index is 0.0143. The summed E-state index contributed by atoms with van der Waals surface area (Å²) in [5, 5.41) is 20.0. The third-order valence-electron chi connectivity index (χ3n) is 6.19. The Kier molecular flexibility index (Phi) is 6.23. The Bertz CT molecular complexity index is 1670. The van der Waals surface area contributed by atoms with Gasteiger partial charge < -0.3 is 9.30 Å². The predicted molar refractivity (Wildman–Crippen MR) is 132 cm³/mol. The summed E-state index contributed by atoms with van der Waals surface area (Å²) in [5.74, 6) is -0.251. The van der Waals surface area contributed by atoms with Crippen molar-refractivity contribution in [1.82, 2.24) is 19.7 Å². The minimum atomic E-state index is -4.66. The molecule has 0 radical (unpaired) electrons. The number of halogens is 3. The summed E-state index contributed by atoms with van der Waals surface area (Å²) in [6, 6.07) is 13.4. The van der Waals surface area contributed by atoms with E-state index in [9.17, 15) is 28.0 Å². The number of hydrogen-bond donors (Lipinski definition) is 1. The van der Waals surface area contributed by atoms with Crippen LogP contribution in [0.25, 0.3) is 22.5 Å². The van der Waals surface area contributed by atoms with E-state index in [1.807, 2.05) is 0 Å². The Morgan fingerprint density at radius 3 is 2.59 bits per heavy atom. The highest BCUT2D eigenvalue weighted by atomic mass is 19.4. The molecule has 0 atom stereocenters. The Balaban J connectivity index is 1.68. The first kappa shape index (κ1) is 25.4. The van der Waals surface area contributed by atoms with Crippen LogP contribution in [0.5, 0.6) is 0 Å². The molecule has 0 saturated heterocycles. The van der Waals surface area contributed by atoms with Crippen molar-refractivity contribution in [3.05, 3.63) is 77.1 Å². The average molecular weight is 533 g/mol. The first-order valence-corrected chi connectivity index (χ1v) is 11.4. The molecule has 0 aliphatic carbocycles. The molecule has 0 bridgehead atoms. The van der Waals surface area contributed by atoms with E-state index in [1.54, 1.807) is 29.8 Å². The van der Waals surface area contributed by atoms with Gasteiger partial charge in [0.2, 0.25) is 0 Å². The van der Waals surface area contributed by atoms with Crippen LogP contribution in [0, 0.1) is 11.3 Å². The van der Waals surface area contributed by atoms with Crippen molar-refractivity contribution >= 4 is 23.6 Å². The highest BCUT2D eigenvalue weighted by Crippen LogP contribution is 2.40. The van der Waals surface area contributed by atoms with Crippen LogP contribution >= 0.6 is 0 Å². The van der Waals surface area contributed by atoms with Crippen LogP contribution in [0.3, 0.4) is 0 Å². The summed E-state index contributed by atoms with van der Waals surface area (Å²) >= 11 is 0. The van der Waals surface area contributed by atoms with Crippen LogP contribution in [0.4, 0.5) is 29.6 Å². The molecular weight excluding hydrogens is 515 g/mol. The molecule has 0 fully saturated rings. The van der Waals surface area contributed by atoms with E-state index in [0.717, 1.165) is 18.1 Å². The van der Waals surface area contributed by atoms with Gasteiger partial charge in [0.15, 0.2) is 5.82 Å². The molecule has 0 spiro atoms. The number of methoxy groups -OCH3 is 1. The fourth-order valence-electron chi connectivity index (χ4n) is 4.39. The smallest absolute Gasteiger partial charge is 0.416 e. The molecule has 13 heteroatoms. The molecule has 2 amide bonds. The highest BCUT2D eigenvalue weighted by Gasteiger charge is 2.40. The van der Waals surface area contributed by atoms with Crippen molar-refractivity contribution in [3.8, 4) is 28.6 Å². The van der Waals surface area contributed by atoms with Gasteiger partial charge in [-0.15, -0.1) is 10.2 Å². The summed E-state index contributed by atoms with van der Waals surface area (Å²) in [6.45, 7) is -0.383. The number of pyridine rings is 1. The zero-order valence-electron chi connectivity index (χ0n) is 20.4. The molecule has 4 aromatic rings. The number of amides is 2. The lowest BCUT2D eigenvalue weighted by atomic mass is 9.97. The molecule has 0 unspecified atom stereocenters. The van der Waals surface area contributed by atoms with Crippen molar-refractivity contribution in [1.29, 1.82) is 5.26 Å². The van der Waals surface area contributed by atoms with Crippen molar-refractivity contribution in [2.75, 3.05) is 17.3 Å². The largest absolute Gasteiger partial charge is 0.453 e. The standard InChI is InChI=1S/C26H18F3N7O3/c1-35-13-31-34-23(35)16-7-6-14(11-30)8-18(16)15-9-21(33-25(38)39-2)32-22(10-15)36-12-19-17(24(36)37)4-3-5-20(19)26(27,28)29/h3-10,13H,12H2,1-2H3,(H,32,33,38). The number of ether oxygens (including phenoxy) is 1. The number of alkyl halides is 3. The molecule has 196 valence electrons. The van der Waals surface area contributed by atoms with Gasteiger partial charge in [-0.25, -0.2) is 9.78 Å². The third kappa shape index (κ3) is 4.63. The van der Waals surface area contributed by atoms with Crippen LogP contribution in [-0.4, -0.2) is 38.9 Å². The number of fused-ring (bicyclic) bond motifs is 1. The number of nitrogens with zero attached hydrogens (tertiary/aromatic N) is 6. The summed E-state index contributed by atoms with van der Waals surface area (Å²) in [4.78, 5) is 30.7. The topological polar surface area (TPSA) is 126 Å². The predicted octanol–water partition coefficient (Wildman–Crippen LogP) is 4.77. The molecule has 1 aliphatic heterocycles. The van der Waals surface area contributed by atoms with E-state index >= 15 is 0 Å². The summed E-state index contributed by atoms with van der Waals surface area (Å²) in [5.41, 5.74) is 0.609. The van der Waals surface area contributed by atoms with E-state index < -0.39 is 23.7 Å². The number of rotatable bonds is 4. The average Bonchev–Trinajstić information content (AvgIpc) is 3.50. The van der Waals surface area contributed by atoms with Crippen LogP contribution in [-0.2, 0) is 24.5 Å². The number of aromatic nitrogens is 4. The normalized spacial score (nSPS) is 12.7. The number of benzene rings is 2. The quantitative estimate of drug-likeness (QED) is 0.400. The SMILES string of the molecule is COC(=O)Nc1cc(-c2cc(C#N)ccc2-c2nncn2C)cc(N2Cc3c(cccc3C(F)(F)F)C2=O)n1. The molecule has 0 saturated carbocycles. The van der Waals surface area contributed by atoms with Gasteiger partial charge in [0, 0.05) is 18.2 Å². The second-order valence-corrected chi connectivity index (χ2v) is 8.57. The van der Waals surface area contributed by atoms with Gasteiger partial charge in [0.1, 0.15) is 18.0 Å². The number of nitriles is 1. The van der Waals surface area contributed by atoms with Gasteiger partial charge in [-0.2, -0.15) is 18.4 Å². The monoisotopic (exact) mass is 533 g/mol. The molecule has 3 heterocycles. The summed E-state index contributed by atoms with van der Waals surface area (Å²) < 4.78 is 47.3. The Labute approximate surface area is 219 Å². The fraction of sp³-hybridized carbons (Fsp3) is 0.154. The maximum Gasteiger partial charge on any atom is 0.416 e. The highest BCUT2D eigenvalue weighted by molar-refractivity contribution is 6.10. The molecule has 5 rings (SSSR count). The van der Waals surface area contributed by atoms with Crippen molar-refractivity contribution in [3.63, 3.8) is 0 Å². The lowest BCUT2D eigenvalue weighted by Crippen LogP contribution is -2.25. The van der Waals surface area contributed by atoms with Crippen molar-refractivity contribution in [2.45, 2.75) is 12.7 Å². The van der Waals surface area contributed by atoms with Crippen LogP contribution in [0.1, 0.15) is 27.0 Å². The second-order valence-electron chi connectivity index (χ2n) is 8.57. The number of aryl methyl sites for hydroxylation is 1. The molecule has 1 N–H and O–H groups in total. The maximum atomic E-state index is 13.7. The lowest BCUT2D eigenvalue weighted by Gasteiger charge is -2.19. The van der Waals surface area contributed by atoms with E-state index in [0.29, 0.717) is 28.1 Å². The van der Waals surface area contributed by atoms with Gasteiger partial charge in [0.05, 0.1) is 30.9 Å². The molecule has 39 heavy (non-hydrogen) atoms. The lowest BCUT2D eigenvalue weighted by molar-refractivity contribution is -0.138.